The van der Waals surface area contributed by atoms with Crippen LogP contribution >= 0.6 is 11.8 Å². The molecule has 3 aliphatic rings. The van der Waals surface area contributed by atoms with Crippen LogP contribution in [-0.2, 0) is 11.8 Å². The Labute approximate surface area is 183 Å². The maximum atomic E-state index is 14.2. The second kappa shape index (κ2) is 8.27. The highest BCUT2D eigenvalue weighted by atomic mass is 32.2. The van der Waals surface area contributed by atoms with Gasteiger partial charge in [0.2, 0.25) is 0 Å². The zero-order valence-corrected chi connectivity index (χ0v) is 18.5. The van der Waals surface area contributed by atoms with E-state index in [0.29, 0.717) is 5.75 Å². The van der Waals surface area contributed by atoms with E-state index in [9.17, 15) is 4.79 Å². The molecule has 2 aromatic rings. The molecule has 2 fully saturated rings. The van der Waals surface area contributed by atoms with Gasteiger partial charge in [-0.05, 0) is 37.7 Å². The molecular weight excluding hydrogens is 388 g/mol. The third kappa shape index (κ3) is 3.32. The van der Waals surface area contributed by atoms with Gasteiger partial charge in [-0.2, -0.15) is 0 Å². The molecule has 5 rings (SSSR count). The molecular formula is C26H30N2OS. The molecule has 0 aliphatic heterocycles. The van der Waals surface area contributed by atoms with Crippen molar-refractivity contribution in [2.24, 2.45) is 0 Å². The van der Waals surface area contributed by atoms with Gasteiger partial charge in [0.05, 0.1) is 17.0 Å². The molecule has 30 heavy (non-hydrogen) atoms. The first-order valence-electron chi connectivity index (χ1n) is 11.5. The zero-order chi connectivity index (χ0) is 20.6. The molecule has 0 radical (unpaired) electrons. The quantitative estimate of drug-likeness (QED) is 0.354. The summed E-state index contributed by atoms with van der Waals surface area (Å²) in [6.45, 7) is 0. The fourth-order valence-electron chi connectivity index (χ4n) is 6.07. The van der Waals surface area contributed by atoms with Gasteiger partial charge >= 0.3 is 0 Å². The van der Waals surface area contributed by atoms with E-state index in [1.807, 2.05) is 0 Å². The highest BCUT2D eigenvalue weighted by molar-refractivity contribution is 7.99. The largest absolute Gasteiger partial charge is 0.284 e. The van der Waals surface area contributed by atoms with Gasteiger partial charge in [0, 0.05) is 17.0 Å². The highest BCUT2D eigenvalue weighted by Crippen LogP contribution is 2.49. The Morgan fingerprint density at radius 1 is 1.10 bits per heavy atom. The van der Waals surface area contributed by atoms with Crippen LogP contribution in [0, 0.1) is 12.3 Å². The Bertz CT molecular complexity index is 1040. The average Bonchev–Trinajstić information content (AvgIpc) is 2.78. The third-order valence-electron chi connectivity index (χ3n) is 7.45. The summed E-state index contributed by atoms with van der Waals surface area (Å²) >= 11 is 1.55. The van der Waals surface area contributed by atoms with E-state index < -0.39 is 0 Å². The van der Waals surface area contributed by atoms with Gasteiger partial charge in [-0.15, -0.1) is 6.42 Å². The van der Waals surface area contributed by atoms with Crippen LogP contribution in [0.15, 0.2) is 34.2 Å². The van der Waals surface area contributed by atoms with Crippen molar-refractivity contribution in [3.8, 4) is 23.6 Å². The first-order valence-corrected chi connectivity index (χ1v) is 12.5. The van der Waals surface area contributed by atoms with Crippen LogP contribution in [0.4, 0.5) is 0 Å². The van der Waals surface area contributed by atoms with Gasteiger partial charge in [-0.25, -0.2) is 4.98 Å². The lowest BCUT2D eigenvalue weighted by Gasteiger charge is -2.42. The summed E-state index contributed by atoms with van der Waals surface area (Å²) < 4.78 is 2.06. The van der Waals surface area contributed by atoms with Gasteiger partial charge in [-0.1, -0.05) is 80.5 Å². The maximum Gasteiger partial charge on any atom is 0.258 e. The monoisotopic (exact) mass is 418 g/mol. The summed E-state index contributed by atoms with van der Waals surface area (Å²) in [7, 11) is 0. The number of hydrogen-bond acceptors (Lipinski definition) is 3. The maximum absolute atomic E-state index is 14.2. The van der Waals surface area contributed by atoms with Crippen molar-refractivity contribution in [2.75, 3.05) is 5.75 Å². The summed E-state index contributed by atoms with van der Waals surface area (Å²) in [6.07, 6.45) is 18.3. The van der Waals surface area contributed by atoms with Crippen molar-refractivity contribution < 1.29 is 0 Å². The van der Waals surface area contributed by atoms with Crippen molar-refractivity contribution >= 4 is 11.8 Å². The number of terminal acetylenes is 1. The number of aromatic nitrogens is 2. The molecule has 0 saturated heterocycles. The summed E-state index contributed by atoms with van der Waals surface area (Å²) in [4.78, 5) is 19.4. The lowest BCUT2D eigenvalue weighted by atomic mass is 9.62. The Kier molecular flexibility index (Phi) is 5.50. The van der Waals surface area contributed by atoms with Crippen LogP contribution in [0.25, 0.3) is 11.3 Å². The van der Waals surface area contributed by atoms with Gasteiger partial charge < -0.3 is 0 Å². The summed E-state index contributed by atoms with van der Waals surface area (Å²) in [5.41, 5.74) is 4.63. The van der Waals surface area contributed by atoms with E-state index in [2.05, 4.69) is 34.8 Å². The van der Waals surface area contributed by atoms with E-state index >= 15 is 0 Å². The minimum Gasteiger partial charge on any atom is -0.284 e. The van der Waals surface area contributed by atoms with E-state index in [4.69, 9.17) is 11.4 Å². The second-order valence-electron chi connectivity index (χ2n) is 9.25. The molecule has 1 heterocycles. The molecule has 0 amide bonds. The van der Waals surface area contributed by atoms with E-state index in [0.717, 1.165) is 54.1 Å². The summed E-state index contributed by atoms with van der Waals surface area (Å²) in [5.74, 6) is 3.28. The number of hydrogen-bond donors (Lipinski definition) is 0. The molecule has 0 unspecified atom stereocenters. The first-order chi connectivity index (χ1) is 14.7. The average molecular weight is 419 g/mol. The van der Waals surface area contributed by atoms with E-state index in [1.165, 1.54) is 44.1 Å². The van der Waals surface area contributed by atoms with Crippen LogP contribution < -0.4 is 5.56 Å². The van der Waals surface area contributed by atoms with Crippen molar-refractivity contribution in [1.29, 1.82) is 0 Å². The molecule has 3 aliphatic carbocycles. The van der Waals surface area contributed by atoms with Gasteiger partial charge in [-0.3, -0.25) is 9.36 Å². The summed E-state index contributed by atoms with van der Waals surface area (Å²) in [5, 5.41) is 0.825. The molecule has 0 N–H and O–H groups in total. The Hall–Kier alpha value is -1.99. The molecule has 3 nitrogen and oxygen atoms in total. The van der Waals surface area contributed by atoms with Crippen LogP contribution in [0.1, 0.15) is 81.4 Å². The van der Waals surface area contributed by atoms with Crippen molar-refractivity contribution in [3.05, 3.63) is 45.7 Å². The Balaban J connectivity index is 1.76. The predicted octanol–water partition coefficient (Wildman–Crippen LogP) is 5.90. The van der Waals surface area contributed by atoms with Crippen LogP contribution in [-0.4, -0.2) is 15.3 Å². The lowest BCUT2D eigenvalue weighted by Crippen LogP contribution is -2.44. The lowest BCUT2D eigenvalue weighted by molar-refractivity contribution is 0.273. The normalized spacial score (nSPS) is 20.4. The number of fused-ring (bicyclic) bond motifs is 4. The predicted molar refractivity (Wildman–Crippen MR) is 124 cm³/mol. The molecule has 0 bridgehead atoms. The second-order valence-corrected chi connectivity index (χ2v) is 10.2. The molecule has 1 aromatic heterocycles. The minimum absolute atomic E-state index is 0.0439. The topological polar surface area (TPSA) is 34.9 Å². The summed E-state index contributed by atoms with van der Waals surface area (Å²) in [6, 6.07) is 8.85. The number of nitrogens with zero attached hydrogens (tertiary/aromatic N) is 2. The minimum atomic E-state index is -0.0439. The fourth-order valence-corrected chi connectivity index (χ4v) is 6.81. The van der Waals surface area contributed by atoms with Crippen molar-refractivity contribution in [3.63, 3.8) is 0 Å². The molecule has 156 valence electrons. The molecule has 4 heteroatoms. The number of rotatable bonds is 3. The first kappa shape index (κ1) is 19.9. The highest BCUT2D eigenvalue weighted by Gasteiger charge is 2.43. The molecule has 1 aromatic carbocycles. The number of thioether (sulfide) groups is 1. The van der Waals surface area contributed by atoms with E-state index in [-0.39, 0.29) is 17.0 Å². The standard InChI is InChI=1S/C26H30N2OS/c1-2-17-30-25-27-23-21-14-8-7-11-19(21)18-26(15-9-4-10-16-26)22(23)24(29)28(25)20-12-5-3-6-13-20/h1,7-8,11,14,20H,3-6,9-10,12-13,15-18H2. The van der Waals surface area contributed by atoms with Crippen molar-refractivity contribution in [2.45, 2.75) is 87.2 Å². The SMILES string of the molecule is C#CCSc1nc2c(c(=O)n1C1CCCCC1)C1(CCCCC1)Cc1ccccc1-2. The number of benzene rings is 1. The van der Waals surface area contributed by atoms with E-state index in [1.54, 1.807) is 11.8 Å². The third-order valence-corrected chi connectivity index (χ3v) is 8.31. The van der Waals surface area contributed by atoms with Crippen LogP contribution in [0.2, 0.25) is 0 Å². The van der Waals surface area contributed by atoms with Crippen LogP contribution in [0.3, 0.4) is 0 Å². The Morgan fingerprint density at radius 2 is 1.83 bits per heavy atom. The molecule has 2 saturated carbocycles. The van der Waals surface area contributed by atoms with Gasteiger partial charge in [0.1, 0.15) is 0 Å². The smallest absolute Gasteiger partial charge is 0.258 e. The van der Waals surface area contributed by atoms with Crippen molar-refractivity contribution in [1.82, 2.24) is 9.55 Å². The Morgan fingerprint density at radius 3 is 2.60 bits per heavy atom. The molecule has 0 atom stereocenters. The van der Waals surface area contributed by atoms with Gasteiger partial charge in [0.25, 0.3) is 5.56 Å². The molecule has 1 spiro atoms. The zero-order valence-electron chi connectivity index (χ0n) is 17.7. The van der Waals surface area contributed by atoms with Gasteiger partial charge in [0.15, 0.2) is 5.16 Å². The fraction of sp³-hybridized carbons (Fsp3) is 0.538. The van der Waals surface area contributed by atoms with Crippen LogP contribution in [0.5, 0.6) is 0 Å².